The molecule has 0 aromatic heterocycles. The highest BCUT2D eigenvalue weighted by Gasteiger charge is 2.09. The normalized spacial score (nSPS) is 11.8. The monoisotopic (exact) mass is 347 g/mol. The van der Waals surface area contributed by atoms with Crippen LogP contribution in [0.15, 0.2) is 53.0 Å². The van der Waals surface area contributed by atoms with Gasteiger partial charge in [0.2, 0.25) is 0 Å². The Morgan fingerprint density at radius 2 is 1.76 bits per heavy atom. The average Bonchev–Trinajstić information content (AvgIpc) is 2.47. The van der Waals surface area contributed by atoms with Gasteiger partial charge in [-0.05, 0) is 43.7 Å². The molecule has 0 saturated carbocycles. The molecule has 2 aromatic carbocycles. The van der Waals surface area contributed by atoms with E-state index in [1.54, 1.807) is 0 Å². The van der Waals surface area contributed by atoms with Crippen LogP contribution >= 0.6 is 15.9 Å². The van der Waals surface area contributed by atoms with Crippen molar-refractivity contribution in [1.29, 1.82) is 0 Å². The van der Waals surface area contributed by atoms with Crippen LogP contribution in [0.5, 0.6) is 5.75 Å². The van der Waals surface area contributed by atoms with Crippen molar-refractivity contribution in [3.63, 3.8) is 0 Å². The molecule has 4 heteroatoms. The van der Waals surface area contributed by atoms with Gasteiger partial charge in [0.25, 0.3) is 5.91 Å². The lowest BCUT2D eigenvalue weighted by molar-refractivity contribution is -0.123. The van der Waals surface area contributed by atoms with Crippen molar-refractivity contribution in [2.75, 3.05) is 6.61 Å². The van der Waals surface area contributed by atoms with Gasteiger partial charge in [-0.25, -0.2) is 0 Å². The molecular weight excluding hydrogens is 330 g/mol. The number of ether oxygens (including phenoxy) is 1. The van der Waals surface area contributed by atoms with E-state index >= 15 is 0 Å². The number of nitrogens with one attached hydrogen (secondary N) is 1. The van der Waals surface area contributed by atoms with Gasteiger partial charge in [0.15, 0.2) is 6.61 Å². The molecule has 0 fully saturated rings. The van der Waals surface area contributed by atoms with Gasteiger partial charge in [-0.2, -0.15) is 0 Å². The first kappa shape index (κ1) is 15.6. The lowest BCUT2D eigenvalue weighted by Gasteiger charge is -2.15. The molecule has 0 radical (unpaired) electrons. The lowest BCUT2D eigenvalue weighted by atomic mass is 10.1. The zero-order chi connectivity index (χ0) is 15.2. The Hall–Kier alpha value is -1.81. The molecule has 0 aliphatic carbocycles. The van der Waals surface area contributed by atoms with Crippen LogP contribution in [-0.4, -0.2) is 12.5 Å². The Bertz CT molecular complexity index is 593. The van der Waals surface area contributed by atoms with Crippen molar-refractivity contribution in [3.05, 3.63) is 64.1 Å². The molecule has 1 atom stereocenters. The van der Waals surface area contributed by atoms with Crippen LogP contribution < -0.4 is 10.1 Å². The Balaban J connectivity index is 1.83. The summed E-state index contributed by atoms with van der Waals surface area (Å²) < 4.78 is 6.42. The molecule has 1 amide bonds. The van der Waals surface area contributed by atoms with E-state index in [2.05, 4.69) is 21.2 Å². The maximum Gasteiger partial charge on any atom is 0.258 e. The lowest BCUT2D eigenvalue weighted by Crippen LogP contribution is -2.31. The quantitative estimate of drug-likeness (QED) is 0.887. The number of benzene rings is 2. The minimum Gasteiger partial charge on any atom is -0.484 e. The van der Waals surface area contributed by atoms with Gasteiger partial charge in [0.1, 0.15) is 5.75 Å². The molecule has 2 aromatic rings. The summed E-state index contributed by atoms with van der Waals surface area (Å²) in [5.74, 6) is 0.544. The second kappa shape index (κ2) is 7.27. The molecule has 0 spiro atoms. The van der Waals surface area contributed by atoms with Gasteiger partial charge in [-0.15, -0.1) is 0 Å². The summed E-state index contributed by atoms with van der Waals surface area (Å²) in [6.07, 6.45) is 0. The van der Waals surface area contributed by atoms with E-state index in [1.165, 1.54) is 5.56 Å². The number of rotatable bonds is 5. The summed E-state index contributed by atoms with van der Waals surface area (Å²) in [7, 11) is 0. The Kier molecular flexibility index (Phi) is 5.39. The molecular formula is C17H18BrNO2. The highest BCUT2D eigenvalue weighted by molar-refractivity contribution is 9.10. The van der Waals surface area contributed by atoms with E-state index in [1.807, 2.05) is 62.4 Å². The topological polar surface area (TPSA) is 38.3 Å². The minimum absolute atomic E-state index is 0.0117. The Labute approximate surface area is 133 Å². The van der Waals surface area contributed by atoms with E-state index < -0.39 is 0 Å². The SMILES string of the molecule is Cc1ccc([C@@H](C)NC(=O)COc2ccc(Br)cc2)cc1. The zero-order valence-corrected chi connectivity index (χ0v) is 13.7. The average molecular weight is 348 g/mol. The van der Waals surface area contributed by atoms with Gasteiger partial charge in [0.05, 0.1) is 6.04 Å². The maximum atomic E-state index is 11.9. The third-order valence-electron chi connectivity index (χ3n) is 3.14. The van der Waals surface area contributed by atoms with Crippen LogP contribution in [0.3, 0.4) is 0 Å². The maximum absolute atomic E-state index is 11.9. The molecule has 2 rings (SSSR count). The Morgan fingerprint density at radius 1 is 1.14 bits per heavy atom. The first-order chi connectivity index (χ1) is 10.0. The predicted octanol–water partition coefficient (Wildman–Crippen LogP) is 4.01. The smallest absolute Gasteiger partial charge is 0.258 e. The zero-order valence-electron chi connectivity index (χ0n) is 12.1. The van der Waals surface area contributed by atoms with Gasteiger partial charge in [-0.3, -0.25) is 4.79 Å². The van der Waals surface area contributed by atoms with Crippen molar-refractivity contribution in [2.45, 2.75) is 19.9 Å². The fourth-order valence-electron chi connectivity index (χ4n) is 1.90. The summed E-state index contributed by atoms with van der Waals surface area (Å²) in [6.45, 7) is 4.01. The molecule has 0 aliphatic heterocycles. The number of halogens is 1. The van der Waals surface area contributed by atoms with Crippen LogP contribution in [0.25, 0.3) is 0 Å². The van der Waals surface area contributed by atoms with Crippen LogP contribution in [0.4, 0.5) is 0 Å². The summed E-state index contributed by atoms with van der Waals surface area (Å²) in [6, 6.07) is 15.5. The number of hydrogen-bond donors (Lipinski definition) is 1. The molecule has 1 N–H and O–H groups in total. The summed E-state index contributed by atoms with van der Waals surface area (Å²) in [4.78, 5) is 11.9. The number of hydrogen-bond acceptors (Lipinski definition) is 2. The third kappa shape index (κ3) is 4.90. The van der Waals surface area contributed by atoms with Crippen molar-refractivity contribution < 1.29 is 9.53 Å². The summed E-state index contributed by atoms with van der Waals surface area (Å²) in [5, 5.41) is 2.92. The second-order valence-corrected chi connectivity index (χ2v) is 5.86. The highest BCUT2D eigenvalue weighted by atomic mass is 79.9. The fraction of sp³-hybridized carbons (Fsp3) is 0.235. The number of amides is 1. The highest BCUT2D eigenvalue weighted by Crippen LogP contribution is 2.16. The largest absolute Gasteiger partial charge is 0.484 e. The number of aryl methyl sites for hydroxylation is 1. The van der Waals surface area contributed by atoms with E-state index in [0.29, 0.717) is 5.75 Å². The van der Waals surface area contributed by atoms with Crippen molar-refractivity contribution >= 4 is 21.8 Å². The molecule has 0 bridgehead atoms. The van der Waals surface area contributed by atoms with Gasteiger partial charge < -0.3 is 10.1 Å². The number of carbonyl (C=O) groups excluding carboxylic acids is 1. The van der Waals surface area contributed by atoms with Crippen LogP contribution in [0.2, 0.25) is 0 Å². The van der Waals surface area contributed by atoms with E-state index in [0.717, 1.165) is 10.0 Å². The molecule has 3 nitrogen and oxygen atoms in total. The summed E-state index contributed by atoms with van der Waals surface area (Å²) >= 11 is 3.35. The Morgan fingerprint density at radius 3 is 2.38 bits per heavy atom. The standard InChI is InChI=1S/C17H18BrNO2/c1-12-3-5-14(6-4-12)13(2)19-17(20)11-21-16-9-7-15(18)8-10-16/h3-10,13H,11H2,1-2H3,(H,19,20)/t13-/m1/s1. The van der Waals surface area contributed by atoms with Gasteiger partial charge in [0, 0.05) is 4.47 Å². The molecule has 0 heterocycles. The van der Waals surface area contributed by atoms with Crippen LogP contribution in [0.1, 0.15) is 24.1 Å². The van der Waals surface area contributed by atoms with E-state index in [-0.39, 0.29) is 18.6 Å². The first-order valence-electron chi connectivity index (χ1n) is 6.79. The first-order valence-corrected chi connectivity index (χ1v) is 7.58. The van der Waals surface area contributed by atoms with Gasteiger partial charge >= 0.3 is 0 Å². The van der Waals surface area contributed by atoms with E-state index in [4.69, 9.17) is 4.74 Å². The molecule has 0 aliphatic rings. The molecule has 110 valence electrons. The fourth-order valence-corrected chi connectivity index (χ4v) is 2.17. The van der Waals surface area contributed by atoms with E-state index in [9.17, 15) is 4.79 Å². The van der Waals surface area contributed by atoms with Crippen molar-refractivity contribution in [1.82, 2.24) is 5.32 Å². The third-order valence-corrected chi connectivity index (χ3v) is 3.67. The summed E-state index contributed by atoms with van der Waals surface area (Å²) in [5.41, 5.74) is 2.29. The van der Waals surface area contributed by atoms with Gasteiger partial charge in [-0.1, -0.05) is 45.8 Å². The van der Waals surface area contributed by atoms with Crippen molar-refractivity contribution in [3.8, 4) is 5.75 Å². The minimum atomic E-state index is -0.133. The predicted molar refractivity (Wildman–Crippen MR) is 87.4 cm³/mol. The van der Waals surface area contributed by atoms with Crippen LogP contribution in [-0.2, 0) is 4.79 Å². The van der Waals surface area contributed by atoms with Crippen LogP contribution in [0, 0.1) is 6.92 Å². The number of carbonyl (C=O) groups is 1. The molecule has 21 heavy (non-hydrogen) atoms. The molecule has 0 saturated heterocycles. The second-order valence-electron chi connectivity index (χ2n) is 4.94. The van der Waals surface area contributed by atoms with Crippen molar-refractivity contribution in [2.24, 2.45) is 0 Å². The molecule has 0 unspecified atom stereocenters.